The van der Waals surface area contributed by atoms with Crippen LogP contribution in [0.5, 0.6) is 0 Å². The average molecular weight is 276 g/mol. The number of hydrogen-bond acceptors (Lipinski definition) is 2. The molecule has 0 aliphatic rings. The zero-order valence-electron chi connectivity index (χ0n) is 12.1. The monoisotopic (exact) mass is 276 g/mol. The number of nitrogens with zero attached hydrogens (tertiary/aromatic N) is 4. The van der Waals surface area contributed by atoms with Gasteiger partial charge in [0, 0.05) is 29.7 Å². The van der Waals surface area contributed by atoms with Crippen molar-refractivity contribution in [1.29, 1.82) is 0 Å². The summed E-state index contributed by atoms with van der Waals surface area (Å²) < 4.78 is 4.16. The maximum absolute atomic E-state index is 4.35. The summed E-state index contributed by atoms with van der Waals surface area (Å²) in [4.78, 5) is 0. The summed E-state index contributed by atoms with van der Waals surface area (Å²) in [7, 11) is 2.08. The van der Waals surface area contributed by atoms with Gasteiger partial charge in [0.25, 0.3) is 0 Å². The predicted molar refractivity (Wildman–Crippen MR) is 84.3 cm³/mol. The lowest BCUT2D eigenvalue weighted by molar-refractivity contribution is 0.562. The minimum absolute atomic E-state index is 0.142. The Labute approximate surface area is 122 Å². The molecule has 4 aromatic rings. The number of benzene rings is 2. The van der Waals surface area contributed by atoms with E-state index in [0.29, 0.717) is 0 Å². The van der Waals surface area contributed by atoms with E-state index in [1.54, 1.807) is 0 Å². The highest BCUT2D eigenvalue weighted by Crippen LogP contribution is 2.29. The molecule has 0 saturated heterocycles. The van der Waals surface area contributed by atoms with Gasteiger partial charge in [0.05, 0.1) is 11.6 Å². The van der Waals surface area contributed by atoms with E-state index in [2.05, 4.69) is 65.4 Å². The van der Waals surface area contributed by atoms with Gasteiger partial charge in [-0.1, -0.05) is 35.5 Å². The third-order valence-electron chi connectivity index (χ3n) is 4.12. The first-order chi connectivity index (χ1) is 10.3. The maximum Gasteiger partial charge on any atom is 0.113 e. The molecule has 4 nitrogen and oxygen atoms in total. The van der Waals surface area contributed by atoms with Crippen LogP contribution in [0.25, 0.3) is 21.9 Å². The second-order valence-electron chi connectivity index (χ2n) is 5.41. The molecule has 2 aromatic heterocycles. The van der Waals surface area contributed by atoms with Crippen LogP contribution in [-0.4, -0.2) is 19.6 Å². The van der Waals surface area contributed by atoms with Crippen LogP contribution >= 0.6 is 0 Å². The highest BCUT2D eigenvalue weighted by Gasteiger charge is 2.17. The highest BCUT2D eigenvalue weighted by atomic mass is 15.4. The Morgan fingerprint density at radius 3 is 2.52 bits per heavy atom. The van der Waals surface area contributed by atoms with Gasteiger partial charge in [-0.25, -0.2) is 4.68 Å². The molecule has 0 bridgehead atoms. The molecule has 0 N–H and O–H groups in total. The molecule has 0 fully saturated rings. The van der Waals surface area contributed by atoms with Crippen LogP contribution in [0, 0.1) is 0 Å². The quantitative estimate of drug-likeness (QED) is 0.561. The fourth-order valence-corrected chi connectivity index (χ4v) is 3.01. The van der Waals surface area contributed by atoms with Gasteiger partial charge in [-0.3, -0.25) is 0 Å². The van der Waals surface area contributed by atoms with Crippen molar-refractivity contribution >= 4 is 21.9 Å². The Morgan fingerprint density at radius 1 is 0.952 bits per heavy atom. The molecule has 4 heteroatoms. The molecule has 0 saturated carbocycles. The van der Waals surface area contributed by atoms with Crippen LogP contribution in [0.15, 0.2) is 54.7 Å². The zero-order chi connectivity index (χ0) is 14.4. The lowest BCUT2D eigenvalue weighted by Gasteiger charge is -2.11. The SMILES string of the molecule is CC(c1cn(C)c2ccccc12)n1nnc2ccccc21. The first kappa shape index (κ1) is 12.1. The zero-order valence-corrected chi connectivity index (χ0v) is 12.1. The summed E-state index contributed by atoms with van der Waals surface area (Å²) in [5.41, 5.74) is 4.51. The molecule has 0 amide bonds. The van der Waals surface area contributed by atoms with Crippen molar-refractivity contribution in [3.05, 3.63) is 60.3 Å². The van der Waals surface area contributed by atoms with E-state index in [1.165, 1.54) is 16.5 Å². The largest absolute Gasteiger partial charge is 0.350 e. The van der Waals surface area contributed by atoms with Gasteiger partial charge in [0.15, 0.2) is 0 Å². The maximum atomic E-state index is 4.35. The van der Waals surface area contributed by atoms with Gasteiger partial charge >= 0.3 is 0 Å². The van der Waals surface area contributed by atoms with E-state index in [4.69, 9.17) is 0 Å². The molecule has 21 heavy (non-hydrogen) atoms. The van der Waals surface area contributed by atoms with Gasteiger partial charge in [0.2, 0.25) is 0 Å². The van der Waals surface area contributed by atoms with Crippen molar-refractivity contribution in [2.75, 3.05) is 0 Å². The Bertz CT molecular complexity index is 932. The topological polar surface area (TPSA) is 35.6 Å². The van der Waals surface area contributed by atoms with E-state index in [9.17, 15) is 0 Å². The number of aryl methyl sites for hydroxylation is 1. The van der Waals surface area contributed by atoms with Gasteiger partial charge in [-0.15, -0.1) is 5.10 Å². The molecule has 104 valence electrons. The summed E-state index contributed by atoms with van der Waals surface area (Å²) in [6, 6.07) is 16.7. The Balaban J connectivity index is 1.92. The average Bonchev–Trinajstić information content (AvgIpc) is 3.09. The summed E-state index contributed by atoms with van der Waals surface area (Å²) in [6.07, 6.45) is 2.19. The molecule has 2 heterocycles. The Morgan fingerprint density at radius 2 is 1.67 bits per heavy atom. The molecular formula is C17H16N4. The van der Waals surface area contributed by atoms with Crippen LogP contribution in [0.4, 0.5) is 0 Å². The smallest absolute Gasteiger partial charge is 0.113 e. The number of para-hydroxylation sites is 2. The van der Waals surface area contributed by atoms with E-state index in [1.807, 2.05) is 22.9 Å². The molecule has 0 aliphatic carbocycles. The second kappa shape index (κ2) is 4.45. The standard InChI is InChI=1S/C17H16N4/c1-12(21-17-10-6-4-8-15(17)18-19-21)14-11-20(2)16-9-5-3-7-13(14)16/h3-12H,1-2H3. The second-order valence-corrected chi connectivity index (χ2v) is 5.41. The molecule has 4 rings (SSSR count). The normalized spacial score (nSPS) is 13.0. The summed E-state index contributed by atoms with van der Waals surface area (Å²) in [6.45, 7) is 2.17. The van der Waals surface area contributed by atoms with Crippen molar-refractivity contribution in [2.45, 2.75) is 13.0 Å². The molecule has 0 aliphatic heterocycles. The highest BCUT2D eigenvalue weighted by molar-refractivity contribution is 5.84. The third-order valence-corrected chi connectivity index (χ3v) is 4.12. The van der Waals surface area contributed by atoms with Crippen molar-refractivity contribution < 1.29 is 0 Å². The summed E-state index contributed by atoms with van der Waals surface area (Å²) in [5.74, 6) is 0. The van der Waals surface area contributed by atoms with Crippen molar-refractivity contribution in [3.8, 4) is 0 Å². The summed E-state index contributed by atoms with van der Waals surface area (Å²) >= 11 is 0. The number of hydrogen-bond donors (Lipinski definition) is 0. The molecule has 1 unspecified atom stereocenters. The lowest BCUT2D eigenvalue weighted by atomic mass is 10.1. The van der Waals surface area contributed by atoms with Crippen LogP contribution in [0.2, 0.25) is 0 Å². The first-order valence-corrected chi connectivity index (χ1v) is 7.09. The van der Waals surface area contributed by atoms with Crippen molar-refractivity contribution in [2.24, 2.45) is 7.05 Å². The van der Waals surface area contributed by atoms with Crippen molar-refractivity contribution in [1.82, 2.24) is 19.6 Å². The molecule has 0 radical (unpaired) electrons. The van der Waals surface area contributed by atoms with Crippen molar-refractivity contribution in [3.63, 3.8) is 0 Å². The molecular weight excluding hydrogens is 260 g/mol. The van der Waals surface area contributed by atoms with E-state index >= 15 is 0 Å². The predicted octanol–water partition coefficient (Wildman–Crippen LogP) is 3.53. The van der Waals surface area contributed by atoms with Crippen LogP contribution in [0.3, 0.4) is 0 Å². The van der Waals surface area contributed by atoms with E-state index in [0.717, 1.165) is 11.0 Å². The van der Waals surface area contributed by atoms with Gasteiger partial charge in [-0.2, -0.15) is 0 Å². The number of fused-ring (bicyclic) bond motifs is 2. The van der Waals surface area contributed by atoms with Gasteiger partial charge < -0.3 is 4.57 Å². The van der Waals surface area contributed by atoms with Gasteiger partial charge in [0.1, 0.15) is 5.52 Å². The Hall–Kier alpha value is -2.62. The number of rotatable bonds is 2. The fourth-order valence-electron chi connectivity index (χ4n) is 3.01. The van der Waals surface area contributed by atoms with Crippen LogP contribution in [0.1, 0.15) is 18.5 Å². The number of aromatic nitrogens is 4. The summed E-state index contributed by atoms with van der Waals surface area (Å²) in [5, 5.41) is 9.87. The Kier molecular flexibility index (Phi) is 2.57. The molecule has 1 atom stereocenters. The minimum atomic E-state index is 0.142. The first-order valence-electron chi connectivity index (χ1n) is 7.09. The third kappa shape index (κ3) is 1.76. The van der Waals surface area contributed by atoms with E-state index < -0.39 is 0 Å². The minimum Gasteiger partial charge on any atom is -0.350 e. The fraction of sp³-hybridized carbons (Fsp3) is 0.176. The molecule has 0 spiro atoms. The van der Waals surface area contributed by atoms with Crippen LogP contribution in [-0.2, 0) is 7.05 Å². The van der Waals surface area contributed by atoms with E-state index in [-0.39, 0.29) is 6.04 Å². The molecule has 2 aromatic carbocycles. The lowest BCUT2D eigenvalue weighted by Crippen LogP contribution is -2.08. The van der Waals surface area contributed by atoms with Crippen LogP contribution < -0.4 is 0 Å². The van der Waals surface area contributed by atoms with Gasteiger partial charge in [-0.05, 0) is 25.1 Å².